The lowest BCUT2D eigenvalue weighted by Gasteiger charge is -2.39. The molecule has 1 fully saturated rings. The SMILES string of the molecule is CCC(CC)C(CNC(=NC)NCCc1ccco1)N1CCOCC1.I. The molecule has 1 unspecified atom stereocenters. The predicted molar refractivity (Wildman–Crippen MR) is 117 cm³/mol. The summed E-state index contributed by atoms with van der Waals surface area (Å²) in [7, 11) is 1.82. The number of furan rings is 1. The van der Waals surface area contributed by atoms with Crippen LogP contribution in [0.3, 0.4) is 0 Å². The minimum Gasteiger partial charge on any atom is -0.469 e. The Balaban J connectivity index is 0.00000338. The molecule has 1 aliphatic heterocycles. The predicted octanol–water partition coefficient (Wildman–Crippen LogP) is 2.74. The topological polar surface area (TPSA) is 62.0 Å². The van der Waals surface area contributed by atoms with E-state index in [9.17, 15) is 0 Å². The van der Waals surface area contributed by atoms with Gasteiger partial charge in [-0.3, -0.25) is 9.89 Å². The van der Waals surface area contributed by atoms with Crippen molar-refractivity contribution in [3.8, 4) is 0 Å². The number of hydrogen-bond acceptors (Lipinski definition) is 4. The van der Waals surface area contributed by atoms with E-state index in [1.807, 2.05) is 19.2 Å². The molecule has 0 amide bonds. The van der Waals surface area contributed by atoms with E-state index < -0.39 is 0 Å². The number of hydrogen-bond donors (Lipinski definition) is 2. The first-order valence-electron chi connectivity index (χ1n) is 9.57. The maximum atomic E-state index is 5.53. The van der Waals surface area contributed by atoms with E-state index in [1.165, 1.54) is 12.8 Å². The summed E-state index contributed by atoms with van der Waals surface area (Å²) in [6, 6.07) is 4.44. The normalized spacial score (nSPS) is 17.0. The molecular formula is C19H35IN4O2. The highest BCUT2D eigenvalue weighted by Crippen LogP contribution is 2.19. The summed E-state index contributed by atoms with van der Waals surface area (Å²) in [5.74, 6) is 2.54. The number of aliphatic imine (C=N–C) groups is 1. The average Bonchev–Trinajstić information content (AvgIpc) is 3.17. The van der Waals surface area contributed by atoms with Crippen molar-refractivity contribution in [1.29, 1.82) is 0 Å². The molecule has 2 N–H and O–H groups in total. The van der Waals surface area contributed by atoms with E-state index in [1.54, 1.807) is 6.26 Å². The van der Waals surface area contributed by atoms with Crippen LogP contribution in [0.15, 0.2) is 27.8 Å². The zero-order chi connectivity index (χ0) is 17.9. The largest absolute Gasteiger partial charge is 0.469 e. The maximum Gasteiger partial charge on any atom is 0.191 e. The number of rotatable bonds is 9. The highest BCUT2D eigenvalue weighted by Gasteiger charge is 2.26. The van der Waals surface area contributed by atoms with Crippen molar-refractivity contribution < 1.29 is 9.15 Å². The molecule has 1 aliphatic rings. The van der Waals surface area contributed by atoms with E-state index in [4.69, 9.17) is 9.15 Å². The third kappa shape index (κ3) is 7.44. The fourth-order valence-corrected chi connectivity index (χ4v) is 3.52. The van der Waals surface area contributed by atoms with Gasteiger partial charge in [-0.25, -0.2) is 0 Å². The Hall–Kier alpha value is -0.800. The molecule has 1 aromatic heterocycles. The monoisotopic (exact) mass is 478 g/mol. The lowest BCUT2D eigenvalue weighted by molar-refractivity contribution is 0.00272. The van der Waals surface area contributed by atoms with Gasteiger partial charge in [-0.05, 0) is 18.1 Å². The summed E-state index contributed by atoms with van der Waals surface area (Å²) in [5, 5.41) is 6.90. The van der Waals surface area contributed by atoms with Crippen LogP contribution in [0.2, 0.25) is 0 Å². The van der Waals surface area contributed by atoms with E-state index in [0.29, 0.717) is 12.0 Å². The first-order valence-corrected chi connectivity index (χ1v) is 9.57. The van der Waals surface area contributed by atoms with E-state index in [-0.39, 0.29) is 24.0 Å². The van der Waals surface area contributed by atoms with Gasteiger partial charge in [0.05, 0.1) is 19.5 Å². The van der Waals surface area contributed by atoms with Crippen LogP contribution in [-0.2, 0) is 11.2 Å². The van der Waals surface area contributed by atoms with Gasteiger partial charge >= 0.3 is 0 Å². The number of guanidine groups is 1. The maximum absolute atomic E-state index is 5.53. The Bertz CT molecular complexity index is 486. The summed E-state index contributed by atoms with van der Waals surface area (Å²) in [6.45, 7) is 10.0. The van der Waals surface area contributed by atoms with Crippen LogP contribution in [-0.4, -0.2) is 63.3 Å². The smallest absolute Gasteiger partial charge is 0.191 e. The van der Waals surface area contributed by atoms with Gasteiger partial charge < -0.3 is 19.8 Å². The standard InChI is InChI=1S/C19H34N4O2.HI/c1-4-16(5-2)18(23-10-13-24-14-11-23)15-22-19(20-3)21-9-8-17-7-6-12-25-17;/h6-7,12,16,18H,4-5,8-11,13-15H2,1-3H3,(H2,20,21,22);1H. The Morgan fingerprint density at radius 3 is 2.54 bits per heavy atom. The van der Waals surface area contributed by atoms with Crippen molar-refractivity contribution in [2.24, 2.45) is 10.9 Å². The highest BCUT2D eigenvalue weighted by molar-refractivity contribution is 14.0. The number of nitrogens with zero attached hydrogens (tertiary/aromatic N) is 2. The fraction of sp³-hybridized carbons (Fsp3) is 0.737. The first-order chi connectivity index (χ1) is 12.3. The fourth-order valence-electron chi connectivity index (χ4n) is 3.52. The molecule has 1 aromatic rings. The molecule has 7 heteroatoms. The molecule has 150 valence electrons. The van der Waals surface area contributed by atoms with Crippen LogP contribution >= 0.6 is 24.0 Å². The second kappa shape index (κ2) is 13.4. The summed E-state index contributed by atoms with van der Waals surface area (Å²) in [5.41, 5.74) is 0. The molecule has 0 aromatic carbocycles. The van der Waals surface area contributed by atoms with Crippen molar-refractivity contribution in [3.05, 3.63) is 24.2 Å². The molecule has 0 spiro atoms. The quantitative estimate of drug-likeness (QED) is 0.325. The zero-order valence-corrected chi connectivity index (χ0v) is 18.7. The number of halogens is 1. The minimum atomic E-state index is 0. The van der Waals surface area contributed by atoms with Crippen LogP contribution in [0.5, 0.6) is 0 Å². The molecule has 6 nitrogen and oxygen atoms in total. The van der Waals surface area contributed by atoms with Gasteiger partial charge in [-0.2, -0.15) is 0 Å². The van der Waals surface area contributed by atoms with Gasteiger partial charge in [0.25, 0.3) is 0 Å². The second-order valence-corrected chi connectivity index (χ2v) is 6.50. The Labute approximate surface area is 175 Å². The van der Waals surface area contributed by atoms with E-state index in [0.717, 1.165) is 57.5 Å². The number of morpholine rings is 1. The highest BCUT2D eigenvalue weighted by atomic mass is 127. The van der Waals surface area contributed by atoms with Crippen LogP contribution < -0.4 is 10.6 Å². The Morgan fingerprint density at radius 2 is 1.96 bits per heavy atom. The van der Waals surface area contributed by atoms with Gasteiger partial charge in [0.1, 0.15) is 5.76 Å². The average molecular weight is 478 g/mol. The van der Waals surface area contributed by atoms with Gasteiger partial charge in [-0.15, -0.1) is 24.0 Å². The van der Waals surface area contributed by atoms with Crippen LogP contribution in [0.1, 0.15) is 32.4 Å². The summed E-state index contributed by atoms with van der Waals surface area (Å²) >= 11 is 0. The molecule has 2 heterocycles. The minimum absolute atomic E-state index is 0. The van der Waals surface area contributed by atoms with Crippen molar-refractivity contribution in [2.75, 3.05) is 46.4 Å². The molecule has 1 atom stereocenters. The Kier molecular flexibility index (Phi) is 12.0. The molecule has 1 saturated heterocycles. The zero-order valence-electron chi connectivity index (χ0n) is 16.4. The first kappa shape index (κ1) is 23.2. The molecule has 2 rings (SSSR count). The number of ether oxygens (including phenoxy) is 1. The molecule has 0 bridgehead atoms. The molecule has 0 saturated carbocycles. The molecule has 0 radical (unpaired) electrons. The van der Waals surface area contributed by atoms with Crippen LogP contribution in [0, 0.1) is 5.92 Å². The molecular weight excluding hydrogens is 443 g/mol. The van der Waals surface area contributed by atoms with Crippen molar-refractivity contribution in [1.82, 2.24) is 15.5 Å². The second-order valence-electron chi connectivity index (χ2n) is 6.50. The lowest BCUT2D eigenvalue weighted by Crippen LogP contribution is -2.53. The third-order valence-corrected chi connectivity index (χ3v) is 5.05. The summed E-state index contributed by atoms with van der Waals surface area (Å²) in [4.78, 5) is 6.93. The summed E-state index contributed by atoms with van der Waals surface area (Å²) in [6.07, 6.45) is 4.97. The van der Waals surface area contributed by atoms with Crippen LogP contribution in [0.4, 0.5) is 0 Å². The third-order valence-electron chi connectivity index (χ3n) is 5.05. The van der Waals surface area contributed by atoms with Gasteiger partial charge in [0, 0.05) is 45.7 Å². The van der Waals surface area contributed by atoms with Gasteiger partial charge in [0.2, 0.25) is 0 Å². The van der Waals surface area contributed by atoms with Crippen molar-refractivity contribution in [3.63, 3.8) is 0 Å². The van der Waals surface area contributed by atoms with Crippen molar-refractivity contribution >= 4 is 29.9 Å². The molecule has 0 aliphatic carbocycles. The van der Waals surface area contributed by atoms with Crippen LogP contribution in [0.25, 0.3) is 0 Å². The van der Waals surface area contributed by atoms with E-state index in [2.05, 4.69) is 34.4 Å². The van der Waals surface area contributed by atoms with Gasteiger partial charge in [-0.1, -0.05) is 26.7 Å². The Morgan fingerprint density at radius 1 is 1.23 bits per heavy atom. The van der Waals surface area contributed by atoms with Gasteiger partial charge in [0.15, 0.2) is 5.96 Å². The van der Waals surface area contributed by atoms with Crippen molar-refractivity contribution in [2.45, 2.75) is 39.2 Å². The van der Waals surface area contributed by atoms with E-state index >= 15 is 0 Å². The lowest BCUT2D eigenvalue weighted by atomic mass is 9.92. The summed E-state index contributed by atoms with van der Waals surface area (Å²) < 4.78 is 10.9. The molecule has 26 heavy (non-hydrogen) atoms. The number of nitrogens with one attached hydrogen (secondary N) is 2.